The van der Waals surface area contributed by atoms with Crippen molar-refractivity contribution in [3.05, 3.63) is 47.0 Å². The molecule has 0 saturated heterocycles. The summed E-state index contributed by atoms with van der Waals surface area (Å²) in [6, 6.07) is 9.46. The fourth-order valence-electron chi connectivity index (χ4n) is 2.87. The van der Waals surface area contributed by atoms with Gasteiger partial charge in [-0.25, -0.2) is 0 Å². The van der Waals surface area contributed by atoms with Crippen molar-refractivity contribution < 1.29 is 23.7 Å². The lowest BCUT2D eigenvalue weighted by atomic mass is 10.1. The van der Waals surface area contributed by atoms with Crippen molar-refractivity contribution in [2.45, 2.75) is 39.8 Å². The van der Waals surface area contributed by atoms with Crippen LogP contribution in [-0.2, 0) is 11.3 Å². The SMILES string of the molecule is CCC(Oc1cccc(C)c1C)C(=O)NCc1cc(OC)c(OC)c(OC)c1. The molecule has 2 aromatic carbocycles. The van der Waals surface area contributed by atoms with E-state index in [4.69, 9.17) is 18.9 Å². The van der Waals surface area contributed by atoms with E-state index in [-0.39, 0.29) is 5.91 Å². The first-order valence-corrected chi connectivity index (χ1v) is 9.24. The second kappa shape index (κ2) is 9.88. The summed E-state index contributed by atoms with van der Waals surface area (Å²) < 4.78 is 22.0. The topological polar surface area (TPSA) is 66.0 Å². The van der Waals surface area contributed by atoms with Crippen molar-refractivity contribution in [3.63, 3.8) is 0 Å². The molecule has 0 fully saturated rings. The number of methoxy groups -OCH3 is 3. The van der Waals surface area contributed by atoms with Crippen LogP contribution in [0.5, 0.6) is 23.0 Å². The van der Waals surface area contributed by atoms with Gasteiger partial charge < -0.3 is 24.3 Å². The maximum absolute atomic E-state index is 12.7. The minimum absolute atomic E-state index is 0.169. The maximum atomic E-state index is 12.7. The molecule has 2 aromatic rings. The summed E-state index contributed by atoms with van der Waals surface area (Å²) in [5, 5.41) is 2.93. The first kappa shape index (κ1) is 21.4. The van der Waals surface area contributed by atoms with Crippen molar-refractivity contribution in [3.8, 4) is 23.0 Å². The Hall–Kier alpha value is -2.89. The quantitative estimate of drug-likeness (QED) is 0.709. The predicted octanol–water partition coefficient (Wildman–Crippen LogP) is 3.80. The number of hydrogen-bond acceptors (Lipinski definition) is 5. The van der Waals surface area contributed by atoms with E-state index in [1.54, 1.807) is 21.3 Å². The van der Waals surface area contributed by atoms with Gasteiger partial charge in [0, 0.05) is 6.54 Å². The Morgan fingerprint density at radius 2 is 1.64 bits per heavy atom. The van der Waals surface area contributed by atoms with Gasteiger partial charge in [-0.2, -0.15) is 0 Å². The number of aryl methyl sites for hydroxylation is 1. The molecule has 6 nitrogen and oxygen atoms in total. The van der Waals surface area contributed by atoms with Crippen LogP contribution in [0.25, 0.3) is 0 Å². The van der Waals surface area contributed by atoms with E-state index < -0.39 is 6.10 Å². The molecule has 6 heteroatoms. The van der Waals surface area contributed by atoms with E-state index in [9.17, 15) is 4.79 Å². The van der Waals surface area contributed by atoms with Crippen LogP contribution in [0.2, 0.25) is 0 Å². The number of carbonyl (C=O) groups excluding carboxylic acids is 1. The molecule has 0 radical (unpaired) electrons. The third kappa shape index (κ3) is 4.88. The smallest absolute Gasteiger partial charge is 0.261 e. The molecule has 1 unspecified atom stereocenters. The zero-order valence-corrected chi connectivity index (χ0v) is 17.4. The van der Waals surface area contributed by atoms with Gasteiger partial charge in [-0.05, 0) is 55.2 Å². The predicted molar refractivity (Wildman–Crippen MR) is 109 cm³/mol. The second-order valence-corrected chi connectivity index (χ2v) is 6.46. The summed E-state index contributed by atoms with van der Waals surface area (Å²) in [5.41, 5.74) is 3.01. The van der Waals surface area contributed by atoms with Crippen molar-refractivity contribution in [2.75, 3.05) is 21.3 Å². The molecule has 0 aliphatic carbocycles. The molecule has 0 aliphatic rings. The van der Waals surface area contributed by atoms with Gasteiger partial charge in [-0.3, -0.25) is 4.79 Å². The summed E-state index contributed by atoms with van der Waals surface area (Å²) in [5.74, 6) is 2.17. The van der Waals surface area contributed by atoms with Crippen LogP contribution in [0.4, 0.5) is 0 Å². The number of benzene rings is 2. The molecule has 1 amide bonds. The third-order valence-corrected chi connectivity index (χ3v) is 4.68. The van der Waals surface area contributed by atoms with Crippen LogP contribution in [0, 0.1) is 13.8 Å². The maximum Gasteiger partial charge on any atom is 0.261 e. The lowest BCUT2D eigenvalue weighted by Gasteiger charge is -2.20. The van der Waals surface area contributed by atoms with E-state index in [1.807, 2.05) is 51.1 Å². The Morgan fingerprint density at radius 3 is 2.18 bits per heavy atom. The first-order valence-electron chi connectivity index (χ1n) is 9.24. The largest absolute Gasteiger partial charge is 0.493 e. The molecule has 0 saturated carbocycles. The summed E-state index contributed by atoms with van der Waals surface area (Å²) >= 11 is 0. The van der Waals surface area contributed by atoms with E-state index in [1.165, 1.54) is 0 Å². The highest BCUT2D eigenvalue weighted by atomic mass is 16.5. The Bertz CT molecular complexity index is 794. The Balaban J connectivity index is 2.10. The molecule has 2 rings (SSSR count). The molecular formula is C22H29NO5. The van der Waals surface area contributed by atoms with Crippen molar-refractivity contribution in [1.82, 2.24) is 5.32 Å². The van der Waals surface area contributed by atoms with E-state index in [0.717, 1.165) is 22.4 Å². The fraction of sp³-hybridized carbons (Fsp3) is 0.409. The average molecular weight is 387 g/mol. The molecule has 0 heterocycles. The monoisotopic (exact) mass is 387 g/mol. The molecular weight excluding hydrogens is 358 g/mol. The highest BCUT2D eigenvalue weighted by molar-refractivity contribution is 5.81. The number of hydrogen-bond donors (Lipinski definition) is 1. The molecule has 1 N–H and O–H groups in total. The van der Waals surface area contributed by atoms with Gasteiger partial charge in [0.2, 0.25) is 5.75 Å². The van der Waals surface area contributed by atoms with Gasteiger partial charge in [0.25, 0.3) is 5.91 Å². The van der Waals surface area contributed by atoms with Crippen molar-refractivity contribution >= 4 is 5.91 Å². The van der Waals surface area contributed by atoms with E-state index >= 15 is 0 Å². The van der Waals surface area contributed by atoms with Crippen LogP contribution in [-0.4, -0.2) is 33.3 Å². The van der Waals surface area contributed by atoms with Gasteiger partial charge in [-0.1, -0.05) is 19.1 Å². The van der Waals surface area contributed by atoms with Gasteiger partial charge in [0.1, 0.15) is 5.75 Å². The molecule has 28 heavy (non-hydrogen) atoms. The lowest BCUT2D eigenvalue weighted by molar-refractivity contribution is -0.128. The van der Waals surface area contributed by atoms with E-state index in [2.05, 4.69) is 5.32 Å². The summed E-state index contributed by atoms with van der Waals surface area (Å²) in [4.78, 5) is 12.7. The standard InChI is InChI=1S/C22H29NO5/c1-7-17(28-18-10-8-9-14(2)15(18)3)22(24)23-13-16-11-19(25-4)21(27-6)20(12-16)26-5/h8-12,17H,7,13H2,1-6H3,(H,23,24). The first-order chi connectivity index (χ1) is 13.4. The molecule has 0 aromatic heterocycles. The number of amides is 1. The second-order valence-electron chi connectivity index (χ2n) is 6.46. The lowest BCUT2D eigenvalue weighted by Crippen LogP contribution is -2.37. The fourth-order valence-corrected chi connectivity index (χ4v) is 2.87. The number of nitrogens with one attached hydrogen (secondary N) is 1. The average Bonchev–Trinajstić information content (AvgIpc) is 2.72. The van der Waals surface area contributed by atoms with Crippen LogP contribution in [0.3, 0.4) is 0 Å². The van der Waals surface area contributed by atoms with Crippen molar-refractivity contribution in [2.24, 2.45) is 0 Å². The third-order valence-electron chi connectivity index (χ3n) is 4.68. The van der Waals surface area contributed by atoms with Crippen molar-refractivity contribution in [1.29, 1.82) is 0 Å². The van der Waals surface area contributed by atoms with Crippen LogP contribution in [0.1, 0.15) is 30.0 Å². The van der Waals surface area contributed by atoms with Gasteiger partial charge in [0.15, 0.2) is 17.6 Å². The van der Waals surface area contributed by atoms with Gasteiger partial charge in [0.05, 0.1) is 21.3 Å². The highest BCUT2D eigenvalue weighted by Gasteiger charge is 2.20. The summed E-state index contributed by atoms with van der Waals surface area (Å²) in [7, 11) is 4.67. The zero-order chi connectivity index (χ0) is 20.7. The normalized spacial score (nSPS) is 11.5. The van der Waals surface area contributed by atoms with Gasteiger partial charge in [-0.15, -0.1) is 0 Å². The minimum atomic E-state index is -0.567. The number of ether oxygens (including phenoxy) is 4. The Labute approximate surface area is 166 Å². The zero-order valence-electron chi connectivity index (χ0n) is 17.4. The molecule has 0 spiro atoms. The van der Waals surface area contributed by atoms with Crippen LogP contribution in [0.15, 0.2) is 30.3 Å². The highest BCUT2D eigenvalue weighted by Crippen LogP contribution is 2.38. The number of rotatable bonds is 9. The number of carbonyl (C=O) groups is 1. The van der Waals surface area contributed by atoms with Crippen LogP contribution < -0.4 is 24.3 Å². The minimum Gasteiger partial charge on any atom is -0.493 e. The summed E-state index contributed by atoms with van der Waals surface area (Å²) in [6.07, 6.45) is -0.00313. The Morgan fingerprint density at radius 1 is 1.00 bits per heavy atom. The molecule has 0 bridgehead atoms. The molecule has 1 atom stereocenters. The Kier molecular flexibility index (Phi) is 7.55. The van der Waals surface area contributed by atoms with Gasteiger partial charge >= 0.3 is 0 Å². The molecule has 0 aliphatic heterocycles. The summed E-state index contributed by atoms with van der Waals surface area (Å²) in [6.45, 7) is 6.26. The molecule has 152 valence electrons. The van der Waals surface area contributed by atoms with Crippen LogP contribution >= 0.6 is 0 Å². The van der Waals surface area contributed by atoms with E-state index in [0.29, 0.717) is 30.2 Å².